The van der Waals surface area contributed by atoms with Crippen molar-refractivity contribution in [3.8, 4) is 17.2 Å². The fraction of sp³-hybridized carbons (Fsp3) is 0. The molecule has 0 saturated carbocycles. The van der Waals surface area contributed by atoms with Gasteiger partial charge in [0, 0.05) is 68.1 Å². The van der Waals surface area contributed by atoms with E-state index in [2.05, 4.69) is 156 Å². The number of fused-ring (bicyclic) bond motifs is 18. The fourth-order valence-corrected chi connectivity index (χ4v) is 11.0. The Labute approximate surface area is 299 Å². The van der Waals surface area contributed by atoms with Crippen LogP contribution in [-0.4, -0.2) is 14.5 Å². The van der Waals surface area contributed by atoms with Crippen molar-refractivity contribution in [2.45, 2.75) is 0 Å². The van der Waals surface area contributed by atoms with Crippen LogP contribution >= 0.6 is 22.7 Å². The lowest BCUT2D eigenvalue weighted by Crippen LogP contribution is -2.03. The lowest BCUT2D eigenvalue weighted by molar-refractivity contribution is 1.02. The number of para-hydroxylation sites is 1. The zero-order valence-electron chi connectivity index (χ0n) is 27.1. The molecule has 0 atom stereocenters. The van der Waals surface area contributed by atoms with E-state index in [-0.39, 0.29) is 0 Å². The van der Waals surface area contributed by atoms with Crippen molar-refractivity contribution in [1.82, 2.24) is 14.5 Å². The largest absolute Gasteiger partial charge is 0.277 e. The van der Waals surface area contributed by atoms with Gasteiger partial charge < -0.3 is 0 Å². The summed E-state index contributed by atoms with van der Waals surface area (Å²) in [6.45, 7) is 0. The predicted octanol–water partition coefficient (Wildman–Crippen LogP) is 13.4. The zero-order valence-corrected chi connectivity index (χ0v) is 28.7. The molecule has 0 saturated heterocycles. The first-order valence-corrected chi connectivity index (χ1v) is 18.8. The maximum absolute atomic E-state index is 5.62. The van der Waals surface area contributed by atoms with Crippen LogP contribution in [-0.2, 0) is 0 Å². The number of hydrogen-bond acceptors (Lipinski definition) is 4. The maximum Gasteiger partial charge on any atom is 0.236 e. The number of benzene rings is 8. The van der Waals surface area contributed by atoms with E-state index in [1.807, 2.05) is 11.3 Å². The molecule has 4 heterocycles. The molecule has 0 aliphatic carbocycles. The van der Waals surface area contributed by atoms with E-state index >= 15 is 0 Å². The molecule has 0 spiro atoms. The number of nitrogens with zero attached hydrogens (tertiary/aromatic N) is 3. The molecule has 3 nitrogen and oxygen atoms in total. The number of hydrogen-bond donors (Lipinski definition) is 0. The summed E-state index contributed by atoms with van der Waals surface area (Å²) in [5.74, 6) is 0.691. The Morgan fingerprint density at radius 3 is 1.73 bits per heavy atom. The molecule has 0 radical (unpaired) electrons. The molecule has 8 aromatic carbocycles. The Morgan fingerprint density at radius 1 is 0.392 bits per heavy atom. The van der Waals surface area contributed by atoms with Gasteiger partial charge in [0.1, 0.15) is 4.83 Å². The Bertz CT molecular complexity index is 3420. The molecule has 0 N–H and O–H groups in total. The molecule has 236 valence electrons. The standard InChI is InChI=1S/C46H25N3S2/c1-2-14-26(15-3-1)41-40-38-29-18-6-4-16-27(29)28-17-5-8-20-31(28)44(38)51-45(40)48-46(47-41)49-35-24-12-10-22-33(35)37-39-34-23-11-13-25-36(34)50-43(39)32-21-9-7-19-30(32)42(37)49/h1-25H. The van der Waals surface area contributed by atoms with Crippen LogP contribution in [0.25, 0.3) is 112 Å². The van der Waals surface area contributed by atoms with Gasteiger partial charge in [-0.3, -0.25) is 4.57 Å². The summed E-state index contributed by atoms with van der Waals surface area (Å²) < 4.78 is 6.22. The summed E-state index contributed by atoms with van der Waals surface area (Å²) in [5.41, 5.74) is 4.30. The van der Waals surface area contributed by atoms with Crippen LogP contribution in [0.15, 0.2) is 152 Å². The van der Waals surface area contributed by atoms with Crippen LogP contribution in [0.2, 0.25) is 0 Å². The second-order valence-electron chi connectivity index (χ2n) is 13.2. The summed E-state index contributed by atoms with van der Waals surface area (Å²) in [6, 6.07) is 54.7. The number of thiophene rings is 2. The smallest absolute Gasteiger partial charge is 0.236 e. The van der Waals surface area contributed by atoms with Gasteiger partial charge in [0.25, 0.3) is 0 Å². The number of rotatable bonds is 2. The van der Waals surface area contributed by atoms with Crippen molar-refractivity contribution < 1.29 is 0 Å². The van der Waals surface area contributed by atoms with E-state index in [1.54, 1.807) is 11.3 Å². The topological polar surface area (TPSA) is 30.7 Å². The lowest BCUT2D eigenvalue weighted by Gasteiger charge is -2.12. The Kier molecular flexibility index (Phi) is 5.53. The van der Waals surface area contributed by atoms with Gasteiger partial charge >= 0.3 is 0 Å². The first-order valence-electron chi connectivity index (χ1n) is 17.2. The van der Waals surface area contributed by atoms with Crippen LogP contribution in [0.1, 0.15) is 0 Å². The van der Waals surface area contributed by atoms with Gasteiger partial charge in [-0.05, 0) is 28.3 Å². The van der Waals surface area contributed by atoms with Crippen LogP contribution in [0.4, 0.5) is 0 Å². The van der Waals surface area contributed by atoms with Crippen molar-refractivity contribution >= 4 is 117 Å². The second-order valence-corrected chi connectivity index (χ2v) is 15.3. The normalized spacial score (nSPS) is 12.3. The van der Waals surface area contributed by atoms with Crippen molar-refractivity contribution in [1.29, 1.82) is 0 Å². The molecule has 0 fully saturated rings. The third kappa shape index (κ3) is 3.66. The molecule has 12 aromatic rings. The summed E-state index contributed by atoms with van der Waals surface area (Å²) in [4.78, 5) is 12.2. The van der Waals surface area contributed by atoms with E-state index < -0.39 is 0 Å². The molecule has 4 aromatic heterocycles. The van der Waals surface area contributed by atoms with Crippen LogP contribution in [0.5, 0.6) is 0 Å². The fourth-order valence-electron chi connectivity index (χ4n) is 8.52. The van der Waals surface area contributed by atoms with Crippen molar-refractivity contribution in [3.05, 3.63) is 152 Å². The maximum atomic E-state index is 5.62. The minimum atomic E-state index is 0.691. The van der Waals surface area contributed by atoms with Crippen LogP contribution in [0.3, 0.4) is 0 Å². The van der Waals surface area contributed by atoms with E-state index in [9.17, 15) is 0 Å². The molecule has 0 amide bonds. The van der Waals surface area contributed by atoms with Crippen LogP contribution in [0, 0.1) is 0 Å². The van der Waals surface area contributed by atoms with Gasteiger partial charge in [-0.1, -0.05) is 140 Å². The lowest BCUT2D eigenvalue weighted by atomic mass is 9.96. The van der Waals surface area contributed by atoms with Gasteiger partial charge in [-0.15, -0.1) is 22.7 Å². The van der Waals surface area contributed by atoms with Gasteiger partial charge in [0.2, 0.25) is 5.95 Å². The average Bonchev–Trinajstić information content (AvgIpc) is 3.89. The molecule has 12 rings (SSSR count). The Balaban J connectivity index is 1.32. The van der Waals surface area contributed by atoms with Gasteiger partial charge in [0.15, 0.2) is 0 Å². The molecule has 0 unspecified atom stereocenters. The van der Waals surface area contributed by atoms with Crippen molar-refractivity contribution in [2.24, 2.45) is 0 Å². The quantitative estimate of drug-likeness (QED) is 0.170. The molecule has 5 heteroatoms. The van der Waals surface area contributed by atoms with Crippen molar-refractivity contribution in [2.75, 3.05) is 0 Å². The predicted molar refractivity (Wildman–Crippen MR) is 220 cm³/mol. The SMILES string of the molecule is c1ccc(-c2nc(-n3c4ccccc4c4c5c6ccccc6sc5c5ccccc5c43)nc3sc4c5ccccc5c5ccccc5c4c23)cc1. The first-order chi connectivity index (χ1) is 25.3. The second kappa shape index (κ2) is 10.2. The van der Waals surface area contributed by atoms with E-state index in [0.717, 1.165) is 32.5 Å². The highest BCUT2D eigenvalue weighted by atomic mass is 32.1. The average molecular weight is 684 g/mol. The number of aromatic nitrogens is 3. The third-order valence-electron chi connectivity index (χ3n) is 10.6. The van der Waals surface area contributed by atoms with Gasteiger partial charge in [0.05, 0.1) is 16.7 Å². The summed E-state index contributed by atoms with van der Waals surface area (Å²) in [7, 11) is 0. The zero-order chi connectivity index (χ0) is 33.2. The Morgan fingerprint density at radius 2 is 0.941 bits per heavy atom. The molecular weight excluding hydrogens is 659 g/mol. The van der Waals surface area contributed by atoms with E-state index in [4.69, 9.17) is 9.97 Å². The minimum Gasteiger partial charge on any atom is -0.277 e. The van der Waals surface area contributed by atoms with E-state index in [1.165, 1.54) is 73.3 Å². The molecular formula is C46H25N3S2. The third-order valence-corrected chi connectivity index (χ3v) is 12.9. The van der Waals surface area contributed by atoms with Crippen LogP contribution < -0.4 is 0 Å². The summed E-state index contributed by atoms with van der Waals surface area (Å²) in [6.07, 6.45) is 0. The van der Waals surface area contributed by atoms with Crippen molar-refractivity contribution in [3.63, 3.8) is 0 Å². The molecule has 0 aliphatic heterocycles. The monoisotopic (exact) mass is 683 g/mol. The first kappa shape index (κ1) is 27.7. The molecule has 0 aliphatic rings. The van der Waals surface area contributed by atoms with Gasteiger partial charge in [-0.25, -0.2) is 9.97 Å². The summed E-state index contributed by atoms with van der Waals surface area (Å²) >= 11 is 3.67. The highest BCUT2D eigenvalue weighted by Gasteiger charge is 2.25. The molecule has 0 bridgehead atoms. The highest BCUT2D eigenvalue weighted by Crippen LogP contribution is 2.49. The highest BCUT2D eigenvalue weighted by molar-refractivity contribution is 7.27. The van der Waals surface area contributed by atoms with E-state index in [0.29, 0.717) is 5.95 Å². The minimum absolute atomic E-state index is 0.691. The Hall–Kier alpha value is -6.14. The van der Waals surface area contributed by atoms with Gasteiger partial charge in [-0.2, -0.15) is 0 Å². The summed E-state index contributed by atoms with van der Waals surface area (Å²) in [5, 5.41) is 14.9. The molecule has 51 heavy (non-hydrogen) atoms.